The standard InChI is InChI=1S/C16H19ClN6O/c1-3-8-23(9-14-19-18-11-22(14)2)10-15-20-21-16(24-15)12-6-4-5-7-13(12)17/h4-7,11H,3,8-10H2,1-2H3. The monoisotopic (exact) mass is 346 g/mol. The highest BCUT2D eigenvalue weighted by Crippen LogP contribution is 2.26. The molecule has 3 aromatic rings. The highest BCUT2D eigenvalue weighted by molar-refractivity contribution is 6.33. The third kappa shape index (κ3) is 3.80. The second-order valence-electron chi connectivity index (χ2n) is 5.55. The van der Waals surface area contributed by atoms with E-state index in [1.807, 2.05) is 29.8 Å². The van der Waals surface area contributed by atoms with E-state index in [9.17, 15) is 0 Å². The molecule has 3 rings (SSSR count). The Kier molecular flexibility index (Phi) is 5.22. The van der Waals surface area contributed by atoms with E-state index in [0.717, 1.165) is 24.4 Å². The largest absolute Gasteiger partial charge is 0.419 e. The van der Waals surface area contributed by atoms with Crippen LogP contribution in [0.5, 0.6) is 0 Å². The Hall–Kier alpha value is -2.25. The minimum Gasteiger partial charge on any atom is -0.419 e. The fourth-order valence-electron chi connectivity index (χ4n) is 2.43. The molecule has 7 nitrogen and oxygen atoms in total. The van der Waals surface area contributed by atoms with Gasteiger partial charge in [0, 0.05) is 7.05 Å². The molecule has 0 fully saturated rings. The second kappa shape index (κ2) is 7.55. The summed E-state index contributed by atoms with van der Waals surface area (Å²) in [7, 11) is 1.93. The molecular formula is C16H19ClN6O. The third-order valence-corrected chi connectivity index (χ3v) is 3.97. The molecule has 0 saturated heterocycles. The summed E-state index contributed by atoms with van der Waals surface area (Å²) in [5, 5.41) is 16.9. The molecule has 0 aliphatic rings. The van der Waals surface area contributed by atoms with Crippen molar-refractivity contribution in [2.75, 3.05) is 6.54 Å². The van der Waals surface area contributed by atoms with Crippen LogP contribution in [-0.4, -0.2) is 36.4 Å². The summed E-state index contributed by atoms with van der Waals surface area (Å²) < 4.78 is 7.69. The van der Waals surface area contributed by atoms with Crippen LogP contribution in [0.2, 0.25) is 5.02 Å². The van der Waals surface area contributed by atoms with Gasteiger partial charge in [0.2, 0.25) is 11.8 Å². The van der Waals surface area contributed by atoms with E-state index in [0.29, 0.717) is 29.9 Å². The molecule has 0 atom stereocenters. The fourth-order valence-corrected chi connectivity index (χ4v) is 2.65. The molecule has 0 N–H and O–H groups in total. The van der Waals surface area contributed by atoms with Crippen LogP contribution in [0.15, 0.2) is 35.0 Å². The maximum Gasteiger partial charge on any atom is 0.249 e. The van der Waals surface area contributed by atoms with Crippen LogP contribution in [0.25, 0.3) is 11.5 Å². The first-order valence-corrected chi connectivity index (χ1v) is 8.17. The molecule has 0 saturated carbocycles. The first-order chi connectivity index (χ1) is 11.7. The predicted octanol–water partition coefficient (Wildman–Crippen LogP) is 2.93. The van der Waals surface area contributed by atoms with Crippen molar-refractivity contribution >= 4 is 11.6 Å². The van der Waals surface area contributed by atoms with Gasteiger partial charge >= 0.3 is 0 Å². The SMILES string of the molecule is CCCN(Cc1nnc(-c2ccccc2Cl)o1)Cc1nncn1C. The lowest BCUT2D eigenvalue weighted by molar-refractivity contribution is 0.224. The number of aromatic nitrogens is 5. The minimum absolute atomic E-state index is 0.436. The Bertz CT molecular complexity index is 799. The summed E-state index contributed by atoms with van der Waals surface area (Å²) in [6, 6.07) is 7.43. The smallest absolute Gasteiger partial charge is 0.249 e. The van der Waals surface area contributed by atoms with Gasteiger partial charge in [-0.05, 0) is 25.1 Å². The van der Waals surface area contributed by atoms with E-state index >= 15 is 0 Å². The summed E-state index contributed by atoms with van der Waals surface area (Å²) in [6.45, 7) is 4.26. The summed E-state index contributed by atoms with van der Waals surface area (Å²) in [5.74, 6) is 1.89. The molecule has 0 amide bonds. The maximum absolute atomic E-state index is 6.18. The van der Waals surface area contributed by atoms with Crippen LogP contribution in [0, 0.1) is 0 Å². The Morgan fingerprint density at radius 2 is 2.00 bits per heavy atom. The number of benzene rings is 1. The van der Waals surface area contributed by atoms with Gasteiger partial charge in [0.1, 0.15) is 12.2 Å². The van der Waals surface area contributed by atoms with Crippen molar-refractivity contribution in [3.8, 4) is 11.5 Å². The van der Waals surface area contributed by atoms with Gasteiger partial charge in [-0.3, -0.25) is 4.90 Å². The molecule has 2 heterocycles. The highest BCUT2D eigenvalue weighted by Gasteiger charge is 2.16. The van der Waals surface area contributed by atoms with E-state index in [4.69, 9.17) is 16.0 Å². The van der Waals surface area contributed by atoms with Gasteiger partial charge in [-0.2, -0.15) is 0 Å². The van der Waals surface area contributed by atoms with Gasteiger partial charge in [-0.25, -0.2) is 0 Å². The van der Waals surface area contributed by atoms with E-state index in [2.05, 4.69) is 32.2 Å². The van der Waals surface area contributed by atoms with Crippen LogP contribution in [-0.2, 0) is 20.1 Å². The molecule has 24 heavy (non-hydrogen) atoms. The zero-order chi connectivity index (χ0) is 16.9. The van der Waals surface area contributed by atoms with Crippen LogP contribution >= 0.6 is 11.6 Å². The fraction of sp³-hybridized carbons (Fsp3) is 0.375. The average molecular weight is 347 g/mol. The van der Waals surface area contributed by atoms with Crippen LogP contribution < -0.4 is 0 Å². The van der Waals surface area contributed by atoms with E-state index in [1.165, 1.54) is 0 Å². The number of hydrogen-bond acceptors (Lipinski definition) is 6. The van der Waals surface area contributed by atoms with Gasteiger partial charge in [0.25, 0.3) is 0 Å². The Morgan fingerprint density at radius 3 is 2.71 bits per heavy atom. The van der Waals surface area contributed by atoms with Crippen LogP contribution in [0.1, 0.15) is 25.1 Å². The summed E-state index contributed by atoms with van der Waals surface area (Å²) >= 11 is 6.18. The highest BCUT2D eigenvalue weighted by atomic mass is 35.5. The van der Waals surface area contributed by atoms with Gasteiger partial charge in [-0.15, -0.1) is 20.4 Å². The number of rotatable bonds is 7. The topological polar surface area (TPSA) is 72.9 Å². The van der Waals surface area contributed by atoms with Gasteiger partial charge in [0.15, 0.2) is 0 Å². The van der Waals surface area contributed by atoms with Crippen molar-refractivity contribution in [2.45, 2.75) is 26.4 Å². The van der Waals surface area contributed by atoms with Crippen molar-refractivity contribution in [1.29, 1.82) is 0 Å². The number of hydrogen-bond donors (Lipinski definition) is 0. The summed E-state index contributed by atoms with van der Waals surface area (Å²) in [4.78, 5) is 2.20. The van der Waals surface area contributed by atoms with Gasteiger partial charge in [0.05, 0.1) is 23.7 Å². The lowest BCUT2D eigenvalue weighted by Gasteiger charge is -2.18. The van der Waals surface area contributed by atoms with Crippen molar-refractivity contribution in [1.82, 2.24) is 29.9 Å². The first kappa shape index (κ1) is 16.6. The summed E-state index contributed by atoms with van der Waals surface area (Å²) in [5.41, 5.74) is 0.744. The lowest BCUT2D eigenvalue weighted by Crippen LogP contribution is -2.25. The molecular weight excluding hydrogens is 328 g/mol. The normalized spacial score (nSPS) is 11.3. The van der Waals surface area contributed by atoms with E-state index in [-0.39, 0.29) is 0 Å². The molecule has 0 aliphatic heterocycles. The maximum atomic E-state index is 6.18. The number of aryl methyl sites for hydroxylation is 1. The van der Waals surface area contributed by atoms with Crippen molar-refractivity contribution in [3.63, 3.8) is 0 Å². The third-order valence-electron chi connectivity index (χ3n) is 3.64. The molecule has 0 bridgehead atoms. The molecule has 2 aromatic heterocycles. The Morgan fingerprint density at radius 1 is 1.17 bits per heavy atom. The van der Waals surface area contributed by atoms with Gasteiger partial charge < -0.3 is 8.98 Å². The molecule has 126 valence electrons. The average Bonchev–Trinajstić information content (AvgIpc) is 3.18. The van der Waals surface area contributed by atoms with E-state index < -0.39 is 0 Å². The molecule has 8 heteroatoms. The molecule has 0 spiro atoms. The predicted molar refractivity (Wildman–Crippen MR) is 90.2 cm³/mol. The second-order valence-corrected chi connectivity index (χ2v) is 5.96. The number of nitrogens with zero attached hydrogens (tertiary/aromatic N) is 6. The van der Waals surface area contributed by atoms with Crippen molar-refractivity contribution in [2.24, 2.45) is 7.05 Å². The van der Waals surface area contributed by atoms with Gasteiger partial charge in [-0.1, -0.05) is 30.7 Å². The van der Waals surface area contributed by atoms with Crippen LogP contribution in [0.4, 0.5) is 0 Å². The lowest BCUT2D eigenvalue weighted by atomic mass is 10.2. The Labute approximate surface area is 145 Å². The zero-order valence-corrected chi connectivity index (χ0v) is 14.4. The number of halogens is 1. The van der Waals surface area contributed by atoms with Crippen molar-refractivity contribution in [3.05, 3.63) is 47.3 Å². The molecule has 0 radical (unpaired) electrons. The minimum atomic E-state index is 0.436. The Balaban J connectivity index is 1.74. The summed E-state index contributed by atoms with van der Waals surface area (Å²) in [6.07, 6.45) is 2.71. The quantitative estimate of drug-likeness (QED) is 0.655. The van der Waals surface area contributed by atoms with E-state index in [1.54, 1.807) is 12.4 Å². The zero-order valence-electron chi connectivity index (χ0n) is 13.7. The van der Waals surface area contributed by atoms with Crippen LogP contribution in [0.3, 0.4) is 0 Å². The molecule has 0 unspecified atom stereocenters. The molecule has 1 aromatic carbocycles. The first-order valence-electron chi connectivity index (χ1n) is 7.80. The van der Waals surface area contributed by atoms with Crippen molar-refractivity contribution < 1.29 is 4.42 Å². The molecule has 0 aliphatic carbocycles.